The fourth-order valence-corrected chi connectivity index (χ4v) is 5.36. The van der Waals surface area contributed by atoms with E-state index in [1.807, 2.05) is 7.05 Å². The molecule has 0 aromatic rings. The minimum Gasteiger partial charge on any atom is -0.377 e. The van der Waals surface area contributed by atoms with Gasteiger partial charge in [0, 0.05) is 44.8 Å². The number of piperidine rings is 3. The summed E-state index contributed by atoms with van der Waals surface area (Å²) in [4.78, 5) is 12.4. The number of hydrogen-bond acceptors (Lipinski definition) is 5. The molecule has 0 aliphatic carbocycles. The zero-order valence-electron chi connectivity index (χ0n) is 21.1. The van der Waals surface area contributed by atoms with Crippen molar-refractivity contribution in [1.29, 1.82) is 0 Å². The average molecular weight is 565 g/mol. The van der Waals surface area contributed by atoms with Gasteiger partial charge in [-0.15, -0.1) is 24.0 Å². The molecule has 3 saturated heterocycles. The van der Waals surface area contributed by atoms with Crippen LogP contribution in [0.25, 0.3) is 0 Å². The fourth-order valence-electron chi connectivity index (χ4n) is 5.36. The number of guanidine groups is 1. The van der Waals surface area contributed by atoms with E-state index in [0.717, 1.165) is 38.7 Å². The lowest BCUT2D eigenvalue weighted by Gasteiger charge is -2.50. The first-order valence-electron chi connectivity index (χ1n) is 12.8. The number of likely N-dealkylation sites (tertiary alicyclic amines) is 3. The van der Waals surface area contributed by atoms with E-state index in [0.29, 0.717) is 12.1 Å². The predicted octanol–water partition coefficient (Wildman–Crippen LogP) is 2.61. The molecule has 188 valence electrons. The van der Waals surface area contributed by atoms with Gasteiger partial charge in [0.15, 0.2) is 5.96 Å². The Bertz CT molecular complexity index is 539. The van der Waals surface area contributed by atoms with Crippen LogP contribution < -0.4 is 10.6 Å². The molecule has 0 spiro atoms. The predicted molar refractivity (Wildman–Crippen MR) is 145 cm³/mol. The first-order valence-corrected chi connectivity index (χ1v) is 12.8. The molecule has 3 aliphatic rings. The molecule has 0 aromatic carbocycles. The number of aliphatic imine (C=N–C) groups is 1. The third-order valence-electron chi connectivity index (χ3n) is 7.54. The summed E-state index contributed by atoms with van der Waals surface area (Å²) in [6.07, 6.45) is 9.28. The van der Waals surface area contributed by atoms with Crippen LogP contribution in [0.5, 0.6) is 0 Å². The smallest absolute Gasteiger partial charge is 0.191 e. The molecule has 0 unspecified atom stereocenters. The molecule has 3 rings (SSSR count). The molecule has 3 fully saturated rings. The standard InChI is InChI=1S/C24H48N6O.HI/c1-21(2)31-19-18-29-14-8-22(9-15-29)27-23(25-3)26-20-24(10-16-28(4)17-11-24)30-12-6-5-7-13-30;/h21-22H,5-20H2,1-4H3,(H2,25,26,27);1H. The highest BCUT2D eigenvalue weighted by Crippen LogP contribution is 2.30. The molecule has 0 bridgehead atoms. The van der Waals surface area contributed by atoms with E-state index in [1.165, 1.54) is 71.1 Å². The number of rotatable bonds is 8. The highest BCUT2D eigenvalue weighted by Gasteiger charge is 2.39. The van der Waals surface area contributed by atoms with Crippen molar-refractivity contribution < 1.29 is 4.74 Å². The maximum Gasteiger partial charge on any atom is 0.191 e. The first-order chi connectivity index (χ1) is 15.0. The van der Waals surface area contributed by atoms with Gasteiger partial charge in [-0.3, -0.25) is 9.89 Å². The summed E-state index contributed by atoms with van der Waals surface area (Å²) in [7, 11) is 4.17. The molecule has 2 N–H and O–H groups in total. The molecular formula is C24H49IN6O. The largest absolute Gasteiger partial charge is 0.377 e. The summed E-state index contributed by atoms with van der Waals surface area (Å²) in [6, 6.07) is 0.511. The van der Waals surface area contributed by atoms with Crippen molar-refractivity contribution in [3.05, 3.63) is 0 Å². The highest BCUT2D eigenvalue weighted by molar-refractivity contribution is 14.0. The van der Waals surface area contributed by atoms with Crippen molar-refractivity contribution in [1.82, 2.24) is 25.3 Å². The SMILES string of the molecule is CN=C(NCC1(N2CCCCC2)CCN(C)CC1)NC1CCN(CCOC(C)C)CC1.I. The van der Waals surface area contributed by atoms with E-state index >= 15 is 0 Å². The normalized spacial score (nSPS) is 24.3. The van der Waals surface area contributed by atoms with Crippen LogP contribution in [0.15, 0.2) is 4.99 Å². The van der Waals surface area contributed by atoms with Gasteiger partial charge in [-0.05, 0) is 85.6 Å². The molecule has 3 aliphatic heterocycles. The highest BCUT2D eigenvalue weighted by atomic mass is 127. The van der Waals surface area contributed by atoms with Gasteiger partial charge in [0.1, 0.15) is 0 Å². The van der Waals surface area contributed by atoms with Gasteiger partial charge in [0.25, 0.3) is 0 Å². The molecule has 0 radical (unpaired) electrons. The molecular weight excluding hydrogens is 515 g/mol. The molecule has 8 heteroatoms. The number of ether oxygens (including phenoxy) is 1. The third kappa shape index (κ3) is 8.56. The van der Waals surface area contributed by atoms with Crippen molar-refractivity contribution in [3.63, 3.8) is 0 Å². The van der Waals surface area contributed by atoms with Gasteiger partial charge in [-0.25, -0.2) is 0 Å². The van der Waals surface area contributed by atoms with Gasteiger partial charge < -0.3 is 25.2 Å². The summed E-state index contributed by atoms with van der Waals surface area (Å²) in [5, 5.41) is 7.46. The number of hydrogen-bond donors (Lipinski definition) is 2. The maximum atomic E-state index is 5.72. The summed E-state index contributed by atoms with van der Waals surface area (Å²) in [5.41, 5.74) is 0.282. The zero-order chi connectivity index (χ0) is 22.1. The number of nitrogens with zero attached hydrogens (tertiary/aromatic N) is 4. The van der Waals surface area contributed by atoms with Gasteiger partial charge >= 0.3 is 0 Å². The van der Waals surface area contributed by atoms with Crippen LogP contribution in [0.2, 0.25) is 0 Å². The second-order valence-electron chi connectivity index (χ2n) is 10.2. The van der Waals surface area contributed by atoms with Crippen LogP contribution in [-0.2, 0) is 4.74 Å². The second kappa shape index (κ2) is 14.3. The van der Waals surface area contributed by atoms with Crippen molar-refractivity contribution in [2.45, 2.75) is 76.5 Å². The Hall–Kier alpha value is -0.160. The zero-order valence-corrected chi connectivity index (χ0v) is 23.4. The maximum absolute atomic E-state index is 5.72. The Morgan fingerprint density at radius 3 is 2.28 bits per heavy atom. The fraction of sp³-hybridized carbons (Fsp3) is 0.958. The minimum atomic E-state index is 0. The molecule has 32 heavy (non-hydrogen) atoms. The summed E-state index contributed by atoms with van der Waals surface area (Å²) >= 11 is 0. The second-order valence-corrected chi connectivity index (χ2v) is 10.2. The molecule has 0 amide bonds. The van der Waals surface area contributed by atoms with Crippen molar-refractivity contribution >= 4 is 29.9 Å². The van der Waals surface area contributed by atoms with Crippen LogP contribution in [0.4, 0.5) is 0 Å². The van der Waals surface area contributed by atoms with Crippen molar-refractivity contribution in [2.24, 2.45) is 4.99 Å². The number of nitrogens with one attached hydrogen (secondary N) is 2. The molecule has 0 atom stereocenters. The lowest BCUT2D eigenvalue weighted by molar-refractivity contribution is 0.0172. The van der Waals surface area contributed by atoms with E-state index in [9.17, 15) is 0 Å². The first kappa shape index (κ1) is 28.1. The lowest BCUT2D eigenvalue weighted by atomic mass is 9.84. The summed E-state index contributed by atoms with van der Waals surface area (Å²) in [6.45, 7) is 14.3. The van der Waals surface area contributed by atoms with Gasteiger partial charge in [-0.2, -0.15) is 0 Å². The van der Waals surface area contributed by atoms with E-state index in [-0.39, 0.29) is 29.5 Å². The van der Waals surface area contributed by atoms with Crippen LogP contribution in [0, 0.1) is 0 Å². The summed E-state index contributed by atoms with van der Waals surface area (Å²) in [5.74, 6) is 0.983. The lowest BCUT2D eigenvalue weighted by Crippen LogP contribution is -2.62. The quantitative estimate of drug-likeness (QED) is 0.269. The molecule has 0 aromatic heterocycles. The summed E-state index contributed by atoms with van der Waals surface area (Å²) < 4.78 is 5.72. The molecule has 3 heterocycles. The van der Waals surface area contributed by atoms with Crippen LogP contribution in [-0.4, -0.2) is 111 Å². The van der Waals surface area contributed by atoms with Gasteiger partial charge in [0.05, 0.1) is 12.7 Å². The Morgan fingerprint density at radius 2 is 1.69 bits per heavy atom. The van der Waals surface area contributed by atoms with Crippen LogP contribution >= 0.6 is 24.0 Å². The molecule has 7 nitrogen and oxygen atoms in total. The Kier molecular flexibility index (Phi) is 12.5. The van der Waals surface area contributed by atoms with E-state index in [1.54, 1.807) is 0 Å². The van der Waals surface area contributed by atoms with Crippen LogP contribution in [0.3, 0.4) is 0 Å². The molecule has 0 saturated carbocycles. The Morgan fingerprint density at radius 1 is 1.03 bits per heavy atom. The third-order valence-corrected chi connectivity index (χ3v) is 7.54. The van der Waals surface area contributed by atoms with Crippen LogP contribution in [0.1, 0.15) is 58.8 Å². The van der Waals surface area contributed by atoms with E-state index in [4.69, 9.17) is 4.74 Å². The average Bonchev–Trinajstić information content (AvgIpc) is 2.79. The van der Waals surface area contributed by atoms with Crippen molar-refractivity contribution in [2.75, 3.05) is 73.1 Å². The Balaban J connectivity index is 0.00000363. The van der Waals surface area contributed by atoms with Crippen molar-refractivity contribution in [3.8, 4) is 0 Å². The minimum absolute atomic E-state index is 0. The Labute approximate surface area is 214 Å². The monoisotopic (exact) mass is 564 g/mol. The van der Waals surface area contributed by atoms with Gasteiger partial charge in [-0.1, -0.05) is 6.42 Å². The number of halogens is 1. The topological polar surface area (TPSA) is 55.4 Å². The van der Waals surface area contributed by atoms with E-state index < -0.39 is 0 Å². The van der Waals surface area contributed by atoms with Gasteiger partial charge in [0.2, 0.25) is 0 Å². The van der Waals surface area contributed by atoms with E-state index in [2.05, 4.69) is 51.2 Å².